The second-order valence-corrected chi connectivity index (χ2v) is 6.72. The van der Waals surface area contributed by atoms with Gasteiger partial charge in [-0.3, -0.25) is 15.1 Å². The number of nitrogens with one attached hydrogen (secondary N) is 1. The van der Waals surface area contributed by atoms with Gasteiger partial charge in [-0.1, -0.05) is 0 Å². The van der Waals surface area contributed by atoms with Crippen LogP contribution < -0.4 is 5.32 Å². The van der Waals surface area contributed by atoms with Crippen molar-refractivity contribution >= 4 is 17.5 Å². The van der Waals surface area contributed by atoms with Crippen LogP contribution in [0.1, 0.15) is 5.69 Å². The summed E-state index contributed by atoms with van der Waals surface area (Å²) in [6.07, 6.45) is 3.70. The zero-order chi connectivity index (χ0) is 17.0. The summed E-state index contributed by atoms with van der Waals surface area (Å²) in [6.45, 7) is 3.34. The summed E-state index contributed by atoms with van der Waals surface area (Å²) in [5.41, 5.74) is 3.75. The Morgan fingerprint density at radius 1 is 1.24 bits per heavy atom. The molecule has 0 radical (unpaired) electrons. The van der Waals surface area contributed by atoms with Gasteiger partial charge >= 0.3 is 0 Å². The lowest BCUT2D eigenvalue weighted by molar-refractivity contribution is -0.118. The van der Waals surface area contributed by atoms with Gasteiger partial charge in [0.25, 0.3) is 0 Å². The average Bonchev–Trinajstić information content (AvgIpc) is 2.94. The van der Waals surface area contributed by atoms with E-state index in [1.807, 2.05) is 37.4 Å². The Labute approximate surface area is 144 Å². The molecule has 3 aromatic heterocycles. The smallest absolute Gasteiger partial charge is 0.249 e. The number of pyridine rings is 2. The third kappa shape index (κ3) is 2.47. The number of nitrogens with zero attached hydrogens (tertiary/aromatic N) is 4. The number of carbonyl (C=O) groups excluding carboxylic acids is 1. The maximum absolute atomic E-state index is 12.3. The Hall–Kier alpha value is -2.80. The molecule has 1 saturated heterocycles. The Morgan fingerprint density at radius 3 is 2.88 bits per heavy atom. The number of fused-ring (bicyclic) bond motifs is 2. The zero-order valence-electron chi connectivity index (χ0n) is 13.7. The second-order valence-electron chi connectivity index (χ2n) is 6.72. The number of carbonyl (C=O) groups is 1. The predicted octanol–water partition coefficient (Wildman–Crippen LogP) is 1.93. The topological polar surface area (TPSA) is 81.4 Å². The molecule has 1 aliphatic heterocycles. The number of amides is 1. The summed E-state index contributed by atoms with van der Waals surface area (Å²) < 4.78 is 7.02. The number of ether oxygens (including phenoxy) is 1. The summed E-state index contributed by atoms with van der Waals surface area (Å²) in [5.74, 6) is 1.14. The fourth-order valence-electron chi connectivity index (χ4n) is 3.65. The van der Waals surface area contributed by atoms with Gasteiger partial charge in [0.1, 0.15) is 0 Å². The second kappa shape index (κ2) is 5.35. The highest BCUT2D eigenvalue weighted by atomic mass is 16.5. The third-order valence-electron chi connectivity index (χ3n) is 5.05. The van der Waals surface area contributed by atoms with Crippen molar-refractivity contribution in [3.05, 3.63) is 42.4 Å². The Kier molecular flexibility index (Phi) is 3.11. The highest BCUT2D eigenvalue weighted by molar-refractivity contribution is 5.93. The van der Waals surface area contributed by atoms with Gasteiger partial charge in [-0.25, -0.2) is 4.52 Å². The molecule has 1 N–H and O–H groups in total. The highest BCUT2D eigenvalue weighted by Gasteiger charge is 2.58. The highest BCUT2D eigenvalue weighted by Crippen LogP contribution is 2.51. The Bertz CT molecular complexity index is 973. The largest absolute Gasteiger partial charge is 0.381 e. The summed E-state index contributed by atoms with van der Waals surface area (Å²) in [6, 6.07) is 7.87. The van der Waals surface area contributed by atoms with Gasteiger partial charge in [0.15, 0.2) is 5.65 Å². The molecule has 5 rings (SSSR count). The van der Waals surface area contributed by atoms with Crippen LogP contribution in [0.4, 0.5) is 5.95 Å². The first-order chi connectivity index (χ1) is 12.2. The lowest BCUT2D eigenvalue weighted by atomic mass is 10.1. The number of hydrogen-bond acceptors (Lipinski definition) is 5. The predicted molar refractivity (Wildman–Crippen MR) is 90.9 cm³/mol. The molecule has 126 valence electrons. The van der Waals surface area contributed by atoms with Crippen LogP contribution in [-0.2, 0) is 9.53 Å². The van der Waals surface area contributed by atoms with Crippen LogP contribution in [0.2, 0.25) is 0 Å². The first-order valence-corrected chi connectivity index (χ1v) is 8.37. The number of aryl methyl sites for hydroxylation is 1. The van der Waals surface area contributed by atoms with Gasteiger partial charge in [0.2, 0.25) is 11.9 Å². The van der Waals surface area contributed by atoms with Gasteiger partial charge in [0, 0.05) is 29.6 Å². The molecule has 1 amide bonds. The van der Waals surface area contributed by atoms with Crippen molar-refractivity contribution in [1.82, 2.24) is 19.6 Å². The Morgan fingerprint density at radius 2 is 2.08 bits per heavy atom. The van der Waals surface area contributed by atoms with Gasteiger partial charge in [0.05, 0.1) is 13.2 Å². The van der Waals surface area contributed by atoms with Gasteiger partial charge < -0.3 is 4.74 Å². The van der Waals surface area contributed by atoms with E-state index in [9.17, 15) is 4.79 Å². The molecule has 1 aliphatic carbocycles. The van der Waals surface area contributed by atoms with Crippen LogP contribution in [0.25, 0.3) is 16.8 Å². The van der Waals surface area contributed by atoms with Crippen molar-refractivity contribution in [2.45, 2.75) is 6.92 Å². The molecule has 1 unspecified atom stereocenters. The third-order valence-corrected chi connectivity index (χ3v) is 5.05. The molecular weight excluding hydrogens is 318 g/mol. The molecule has 0 bridgehead atoms. The van der Waals surface area contributed by atoms with Crippen LogP contribution in [-0.4, -0.2) is 38.7 Å². The number of anilines is 1. The van der Waals surface area contributed by atoms with E-state index in [0.29, 0.717) is 36.6 Å². The van der Waals surface area contributed by atoms with Crippen molar-refractivity contribution in [3.63, 3.8) is 0 Å². The van der Waals surface area contributed by atoms with Crippen molar-refractivity contribution in [2.24, 2.45) is 17.8 Å². The van der Waals surface area contributed by atoms with Crippen molar-refractivity contribution in [2.75, 3.05) is 18.5 Å². The lowest BCUT2D eigenvalue weighted by Gasteiger charge is -2.03. The summed E-state index contributed by atoms with van der Waals surface area (Å²) in [7, 11) is 0. The minimum atomic E-state index is -0.000752. The molecule has 7 nitrogen and oxygen atoms in total. The van der Waals surface area contributed by atoms with E-state index in [0.717, 1.165) is 16.8 Å². The molecule has 1 saturated carbocycles. The normalized spacial score (nSPS) is 24.3. The van der Waals surface area contributed by atoms with E-state index >= 15 is 0 Å². The standard InChI is InChI=1S/C18H17N5O2/c1-10-6-11(4-5-19-10)12-2-3-15-20-18(22-23(15)7-12)21-17(24)16-13-8-25-9-14(13)16/h2-7,13-14,16H,8-9H2,1H3,(H,21,22,24)/t13-,14+,16?. The van der Waals surface area contributed by atoms with E-state index in [1.165, 1.54) is 0 Å². The summed E-state index contributed by atoms with van der Waals surface area (Å²) in [4.78, 5) is 20.9. The monoisotopic (exact) mass is 335 g/mol. The first kappa shape index (κ1) is 14.5. The molecule has 0 aromatic carbocycles. The van der Waals surface area contributed by atoms with Crippen LogP contribution in [0, 0.1) is 24.7 Å². The van der Waals surface area contributed by atoms with Crippen LogP contribution in [0.15, 0.2) is 36.7 Å². The van der Waals surface area contributed by atoms with Crippen LogP contribution in [0.5, 0.6) is 0 Å². The molecule has 3 atom stereocenters. The number of rotatable bonds is 3. The van der Waals surface area contributed by atoms with Crippen molar-refractivity contribution in [1.29, 1.82) is 0 Å². The average molecular weight is 335 g/mol. The van der Waals surface area contributed by atoms with E-state index in [2.05, 4.69) is 20.4 Å². The molecule has 2 aliphatic rings. The molecular formula is C18H17N5O2. The van der Waals surface area contributed by atoms with E-state index in [4.69, 9.17) is 4.74 Å². The van der Waals surface area contributed by atoms with Gasteiger partial charge in [-0.05, 0) is 48.6 Å². The van der Waals surface area contributed by atoms with Crippen molar-refractivity contribution < 1.29 is 9.53 Å². The van der Waals surface area contributed by atoms with Crippen LogP contribution >= 0.6 is 0 Å². The first-order valence-electron chi connectivity index (χ1n) is 8.37. The van der Waals surface area contributed by atoms with E-state index in [1.54, 1.807) is 10.7 Å². The minimum Gasteiger partial charge on any atom is -0.381 e. The molecule has 4 heterocycles. The summed E-state index contributed by atoms with van der Waals surface area (Å²) in [5, 5.41) is 7.23. The number of hydrogen-bond donors (Lipinski definition) is 1. The number of aromatic nitrogens is 4. The zero-order valence-corrected chi connectivity index (χ0v) is 13.7. The fraction of sp³-hybridized carbons (Fsp3) is 0.333. The fourth-order valence-corrected chi connectivity index (χ4v) is 3.65. The molecule has 0 spiro atoms. The van der Waals surface area contributed by atoms with E-state index < -0.39 is 0 Å². The minimum absolute atomic E-state index is 0.000752. The summed E-state index contributed by atoms with van der Waals surface area (Å²) >= 11 is 0. The maximum Gasteiger partial charge on any atom is 0.249 e. The van der Waals surface area contributed by atoms with Gasteiger partial charge in [-0.2, -0.15) is 4.98 Å². The van der Waals surface area contributed by atoms with E-state index in [-0.39, 0.29) is 11.8 Å². The molecule has 25 heavy (non-hydrogen) atoms. The molecule has 3 aromatic rings. The van der Waals surface area contributed by atoms with Gasteiger partial charge in [-0.15, -0.1) is 5.10 Å². The molecule has 7 heteroatoms. The van der Waals surface area contributed by atoms with Crippen LogP contribution in [0.3, 0.4) is 0 Å². The quantitative estimate of drug-likeness (QED) is 0.791. The maximum atomic E-state index is 12.3. The SMILES string of the molecule is Cc1cc(-c2ccc3nc(NC(=O)C4[C@H]5COC[C@@H]45)nn3c2)ccn1. The Balaban J connectivity index is 1.39. The van der Waals surface area contributed by atoms with Crippen molar-refractivity contribution in [3.8, 4) is 11.1 Å². The lowest BCUT2D eigenvalue weighted by Crippen LogP contribution is -2.19. The molecule has 2 fully saturated rings.